The Balaban J connectivity index is 1.71. The predicted octanol–water partition coefficient (Wildman–Crippen LogP) is 2.81. The summed E-state index contributed by atoms with van der Waals surface area (Å²) in [5.41, 5.74) is 3.35. The first-order chi connectivity index (χ1) is 9.80. The Bertz CT molecular complexity index is 607. The van der Waals surface area contributed by atoms with E-state index in [1.165, 1.54) is 5.69 Å². The number of hydrogen-bond donors (Lipinski definition) is 1. The van der Waals surface area contributed by atoms with Crippen molar-refractivity contribution < 1.29 is 9.47 Å². The summed E-state index contributed by atoms with van der Waals surface area (Å²) >= 11 is 0. The second-order valence-electron chi connectivity index (χ2n) is 4.72. The van der Waals surface area contributed by atoms with Gasteiger partial charge in [-0.2, -0.15) is 5.10 Å². The molecule has 2 aromatic rings. The van der Waals surface area contributed by atoms with E-state index in [4.69, 9.17) is 9.47 Å². The minimum absolute atomic E-state index is 0.307. The van der Waals surface area contributed by atoms with Crippen LogP contribution in [0.25, 0.3) is 0 Å². The summed E-state index contributed by atoms with van der Waals surface area (Å²) in [4.78, 5) is 0. The number of hydrogen-bond acceptors (Lipinski definition) is 4. The first-order valence-electron chi connectivity index (χ1n) is 6.99. The van der Waals surface area contributed by atoms with Gasteiger partial charge in [0.15, 0.2) is 11.5 Å². The Morgan fingerprint density at radius 1 is 1.20 bits per heavy atom. The molecule has 0 saturated heterocycles. The standard InChI is InChI=1S/C15H19N3O2/c1-3-11-7-13(18(4-2)17-11)9-16-12-5-6-14-15(8-12)20-10-19-14/h5-8,16H,3-4,9-10H2,1-2H3. The molecule has 0 spiro atoms. The van der Waals surface area contributed by atoms with Gasteiger partial charge in [0.25, 0.3) is 0 Å². The van der Waals surface area contributed by atoms with Gasteiger partial charge in [0.1, 0.15) is 0 Å². The third-order valence-corrected chi connectivity index (χ3v) is 3.42. The first-order valence-corrected chi connectivity index (χ1v) is 6.99. The van der Waals surface area contributed by atoms with Gasteiger partial charge in [0, 0.05) is 18.3 Å². The SMILES string of the molecule is CCc1cc(CNc2ccc3c(c2)OCO3)n(CC)n1. The number of rotatable bonds is 5. The lowest BCUT2D eigenvalue weighted by molar-refractivity contribution is 0.174. The van der Waals surface area contributed by atoms with Gasteiger partial charge in [-0.05, 0) is 31.5 Å². The van der Waals surface area contributed by atoms with Crippen LogP contribution in [-0.2, 0) is 19.5 Å². The molecular formula is C15H19N3O2. The number of nitrogens with one attached hydrogen (secondary N) is 1. The molecule has 1 aliphatic heterocycles. The van der Waals surface area contributed by atoms with Gasteiger partial charge in [-0.25, -0.2) is 0 Å². The van der Waals surface area contributed by atoms with Gasteiger partial charge >= 0.3 is 0 Å². The number of aryl methyl sites for hydroxylation is 2. The Hall–Kier alpha value is -2.17. The molecule has 1 aromatic heterocycles. The van der Waals surface area contributed by atoms with Gasteiger partial charge in [-0.1, -0.05) is 6.92 Å². The van der Waals surface area contributed by atoms with Crippen molar-refractivity contribution in [1.29, 1.82) is 0 Å². The Labute approximate surface area is 118 Å². The molecular weight excluding hydrogens is 254 g/mol. The fourth-order valence-electron chi connectivity index (χ4n) is 2.30. The minimum Gasteiger partial charge on any atom is -0.454 e. The second-order valence-corrected chi connectivity index (χ2v) is 4.72. The maximum atomic E-state index is 5.38. The minimum atomic E-state index is 0.307. The molecule has 0 radical (unpaired) electrons. The highest BCUT2D eigenvalue weighted by molar-refractivity contribution is 5.55. The summed E-state index contributed by atoms with van der Waals surface area (Å²) in [6.45, 7) is 6.17. The van der Waals surface area contributed by atoms with Crippen molar-refractivity contribution in [2.24, 2.45) is 0 Å². The van der Waals surface area contributed by atoms with Crippen LogP contribution in [0.3, 0.4) is 0 Å². The molecule has 0 amide bonds. The highest BCUT2D eigenvalue weighted by atomic mass is 16.7. The molecule has 3 rings (SSSR count). The van der Waals surface area contributed by atoms with E-state index < -0.39 is 0 Å². The molecule has 5 nitrogen and oxygen atoms in total. The lowest BCUT2D eigenvalue weighted by Crippen LogP contribution is -2.07. The largest absolute Gasteiger partial charge is 0.454 e. The van der Waals surface area contributed by atoms with Crippen molar-refractivity contribution in [2.45, 2.75) is 33.4 Å². The van der Waals surface area contributed by atoms with Crippen molar-refractivity contribution in [3.05, 3.63) is 35.7 Å². The van der Waals surface area contributed by atoms with Crippen LogP contribution in [-0.4, -0.2) is 16.6 Å². The number of anilines is 1. The first kappa shape index (κ1) is 12.8. The topological polar surface area (TPSA) is 48.3 Å². The van der Waals surface area contributed by atoms with Gasteiger partial charge < -0.3 is 14.8 Å². The highest BCUT2D eigenvalue weighted by Crippen LogP contribution is 2.34. The number of aromatic nitrogens is 2. The summed E-state index contributed by atoms with van der Waals surface area (Å²) < 4.78 is 12.7. The molecule has 1 aliphatic rings. The summed E-state index contributed by atoms with van der Waals surface area (Å²) in [5, 5.41) is 7.96. The van der Waals surface area contributed by atoms with Crippen LogP contribution in [0.2, 0.25) is 0 Å². The van der Waals surface area contributed by atoms with E-state index in [0.717, 1.165) is 42.4 Å². The van der Waals surface area contributed by atoms with Crippen LogP contribution in [0.5, 0.6) is 11.5 Å². The van der Waals surface area contributed by atoms with Crippen molar-refractivity contribution >= 4 is 5.69 Å². The summed E-state index contributed by atoms with van der Waals surface area (Å²) in [5.74, 6) is 1.61. The van der Waals surface area contributed by atoms with Gasteiger partial charge in [0.05, 0.1) is 17.9 Å². The molecule has 0 unspecified atom stereocenters. The van der Waals surface area contributed by atoms with Crippen LogP contribution in [0, 0.1) is 0 Å². The van der Waals surface area contributed by atoms with Crippen molar-refractivity contribution in [3.8, 4) is 11.5 Å². The normalized spacial score (nSPS) is 12.7. The van der Waals surface area contributed by atoms with E-state index in [1.54, 1.807) is 0 Å². The van der Waals surface area contributed by atoms with Gasteiger partial charge in [0.2, 0.25) is 6.79 Å². The van der Waals surface area contributed by atoms with E-state index in [0.29, 0.717) is 6.79 Å². The molecule has 0 atom stereocenters. The van der Waals surface area contributed by atoms with E-state index in [2.05, 4.69) is 30.3 Å². The zero-order valence-corrected chi connectivity index (χ0v) is 11.8. The molecule has 0 aliphatic carbocycles. The Morgan fingerprint density at radius 2 is 2.05 bits per heavy atom. The van der Waals surface area contributed by atoms with Gasteiger partial charge in [-0.15, -0.1) is 0 Å². The smallest absolute Gasteiger partial charge is 0.231 e. The van der Waals surface area contributed by atoms with Crippen LogP contribution >= 0.6 is 0 Å². The van der Waals surface area contributed by atoms with Gasteiger partial charge in [-0.3, -0.25) is 4.68 Å². The summed E-state index contributed by atoms with van der Waals surface area (Å²) in [6, 6.07) is 8.05. The summed E-state index contributed by atoms with van der Waals surface area (Å²) in [7, 11) is 0. The lowest BCUT2D eigenvalue weighted by Gasteiger charge is -2.08. The lowest BCUT2D eigenvalue weighted by atomic mass is 10.2. The van der Waals surface area contributed by atoms with Crippen molar-refractivity contribution in [1.82, 2.24) is 9.78 Å². The summed E-state index contributed by atoms with van der Waals surface area (Å²) in [6.07, 6.45) is 0.962. The maximum absolute atomic E-state index is 5.38. The Kier molecular flexibility index (Phi) is 3.50. The van der Waals surface area contributed by atoms with E-state index in [9.17, 15) is 0 Å². The molecule has 0 saturated carbocycles. The molecule has 0 bridgehead atoms. The van der Waals surface area contributed by atoms with Crippen LogP contribution < -0.4 is 14.8 Å². The van der Waals surface area contributed by atoms with Crippen LogP contribution in [0.4, 0.5) is 5.69 Å². The molecule has 5 heteroatoms. The van der Waals surface area contributed by atoms with E-state index in [1.807, 2.05) is 22.9 Å². The number of ether oxygens (including phenoxy) is 2. The highest BCUT2D eigenvalue weighted by Gasteiger charge is 2.13. The molecule has 20 heavy (non-hydrogen) atoms. The maximum Gasteiger partial charge on any atom is 0.231 e. The number of nitrogens with zero attached hydrogens (tertiary/aromatic N) is 2. The Morgan fingerprint density at radius 3 is 2.85 bits per heavy atom. The van der Waals surface area contributed by atoms with Crippen LogP contribution in [0.15, 0.2) is 24.3 Å². The molecule has 106 valence electrons. The third-order valence-electron chi connectivity index (χ3n) is 3.42. The fraction of sp³-hybridized carbons (Fsp3) is 0.400. The molecule has 1 N–H and O–H groups in total. The molecule has 1 aromatic carbocycles. The van der Waals surface area contributed by atoms with Crippen LogP contribution in [0.1, 0.15) is 25.2 Å². The van der Waals surface area contributed by atoms with E-state index >= 15 is 0 Å². The fourth-order valence-corrected chi connectivity index (χ4v) is 2.30. The average molecular weight is 273 g/mol. The van der Waals surface area contributed by atoms with Crippen molar-refractivity contribution in [3.63, 3.8) is 0 Å². The molecule has 0 fully saturated rings. The van der Waals surface area contributed by atoms with E-state index in [-0.39, 0.29) is 0 Å². The average Bonchev–Trinajstić information content (AvgIpc) is 3.10. The quantitative estimate of drug-likeness (QED) is 0.910. The second kappa shape index (κ2) is 5.45. The monoisotopic (exact) mass is 273 g/mol. The number of fused-ring (bicyclic) bond motifs is 1. The number of benzene rings is 1. The zero-order chi connectivity index (χ0) is 13.9. The third kappa shape index (κ3) is 2.43. The van der Waals surface area contributed by atoms with Crippen molar-refractivity contribution in [2.75, 3.05) is 12.1 Å². The predicted molar refractivity (Wildman–Crippen MR) is 77.2 cm³/mol. The zero-order valence-electron chi connectivity index (χ0n) is 11.8. The molecule has 2 heterocycles.